The molecule has 0 unspecified atom stereocenters. The fourth-order valence-corrected chi connectivity index (χ4v) is 0. The van der Waals surface area contributed by atoms with E-state index >= 15 is 0 Å². The molecule has 0 saturated heterocycles. The molecule has 0 atom stereocenters. The molecule has 4 N–H and O–H groups in total. The maximum absolute atomic E-state index is 8.74. The maximum Gasteiger partial charge on any atom is 0.314 e. The Morgan fingerprint density at radius 1 is 1.56 bits per heavy atom. The molecular weight excluding hydrogens is 164 g/mol. The summed E-state index contributed by atoms with van der Waals surface area (Å²) in [5.41, 5.74) is 5.12. The van der Waals surface area contributed by atoms with Gasteiger partial charge in [-0.3, -0.25) is 4.57 Å². The van der Waals surface area contributed by atoms with Crippen LogP contribution in [0.15, 0.2) is 0 Å². The standard InChI is InChI=1S/C3H8ClN.H3O3P/c1-3(2,4)5;1-4(2)3/h5H2,1-2H3;4H,(H2,1,2,3). The molecule has 0 radical (unpaired) electrons. The van der Waals surface area contributed by atoms with Gasteiger partial charge in [-0.05, 0) is 13.8 Å². The first-order chi connectivity index (χ1) is 3.73. The minimum Gasteiger partial charge on any atom is -0.326 e. The second-order valence-corrected chi connectivity index (χ2v) is 3.39. The summed E-state index contributed by atoms with van der Waals surface area (Å²) in [6.45, 7) is 3.46. The highest BCUT2D eigenvalue weighted by molar-refractivity contribution is 7.30. The minimum absolute atomic E-state index is 0.528. The van der Waals surface area contributed by atoms with E-state index in [0.29, 0.717) is 0 Å². The Labute approximate surface area is 59.6 Å². The van der Waals surface area contributed by atoms with Gasteiger partial charge in [0.1, 0.15) is 0 Å². The molecule has 0 aromatic heterocycles. The predicted molar refractivity (Wildman–Crippen MR) is 37.6 cm³/mol. The zero-order valence-corrected chi connectivity index (χ0v) is 7.01. The van der Waals surface area contributed by atoms with Crippen molar-refractivity contribution in [3.05, 3.63) is 0 Å². The molecule has 0 aliphatic heterocycles. The molecule has 0 aromatic carbocycles. The van der Waals surface area contributed by atoms with Crippen LogP contribution in [0.5, 0.6) is 0 Å². The zero-order chi connectivity index (χ0) is 8.08. The quantitative estimate of drug-likeness (QED) is 0.281. The summed E-state index contributed by atoms with van der Waals surface area (Å²) in [6, 6.07) is 0. The summed E-state index contributed by atoms with van der Waals surface area (Å²) >= 11 is 5.31. The Kier molecular flexibility index (Phi) is 7.01. The van der Waals surface area contributed by atoms with Gasteiger partial charge in [0.15, 0.2) is 0 Å². The smallest absolute Gasteiger partial charge is 0.314 e. The van der Waals surface area contributed by atoms with Crippen LogP contribution in [0.25, 0.3) is 0 Å². The molecule has 0 aliphatic rings. The van der Waals surface area contributed by atoms with Gasteiger partial charge in [0.05, 0.1) is 5.00 Å². The molecular formula is C3H11ClNO3P. The first-order valence-electron chi connectivity index (χ1n) is 2.13. The third-order valence-corrected chi connectivity index (χ3v) is 0. The summed E-state index contributed by atoms with van der Waals surface area (Å²) < 4.78 is 8.74. The lowest BCUT2D eigenvalue weighted by Gasteiger charge is -2.02. The molecule has 58 valence electrons. The first kappa shape index (κ1) is 12.1. The van der Waals surface area contributed by atoms with Gasteiger partial charge in [0.25, 0.3) is 0 Å². The van der Waals surface area contributed by atoms with Crippen molar-refractivity contribution in [1.29, 1.82) is 0 Å². The summed E-state index contributed by atoms with van der Waals surface area (Å²) in [6.07, 6.45) is 0. The average Bonchev–Trinajstić information content (AvgIpc) is 1.19. The van der Waals surface area contributed by atoms with Crippen molar-refractivity contribution in [2.24, 2.45) is 5.73 Å². The van der Waals surface area contributed by atoms with Gasteiger partial charge >= 0.3 is 8.25 Å². The fourth-order valence-electron chi connectivity index (χ4n) is 0. The normalized spacial score (nSPS) is 10.6. The van der Waals surface area contributed by atoms with Crippen molar-refractivity contribution in [3.8, 4) is 0 Å². The second kappa shape index (κ2) is 5.21. The van der Waals surface area contributed by atoms with Crippen LogP contribution < -0.4 is 5.73 Å². The van der Waals surface area contributed by atoms with Gasteiger partial charge in [-0.15, -0.1) is 11.6 Å². The van der Waals surface area contributed by atoms with Crippen LogP contribution in [0.4, 0.5) is 0 Å². The van der Waals surface area contributed by atoms with Crippen LogP contribution in [0, 0.1) is 0 Å². The average molecular weight is 176 g/mol. The molecule has 0 rings (SSSR count). The summed E-state index contributed by atoms with van der Waals surface area (Å²) in [7, 11) is -3.13. The Balaban J connectivity index is 0. The molecule has 0 aliphatic carbocycles. The second-order valence-electron chi connectivity index (χ2n) is 1.85. The van der Waals surface area contributed by atoms with Gasteiger partial charge in [-0.25, -0.2) is 0 Å². The van der Waals surface area contributed by atoms with Crippen molar-refractivity contribution >= 4 is 19.9 Å². The maximum atomic E-state index is 8.74. The van der Waals surface area contributed by atoms with Crippen LogP contribution in [-0.2, 0) is 4.57 Å². The van der Waals surface area contributed by atoms with Gasteiger partial charge < -0.3 is 15.5 Å². The van der Waals surface area contributed by atoms with E-state index in [1.54, 1.807) is 13.8 Å². The lowest BCUT2D eigenvalue weighted by Crippen LogP contribution is -2.22. The van der Waals surface area contributed by atoms with Crippen LogP contribution in [0.1, 0.15) is 13.8 Å². The number of nitrogens with two attached hydrogens (primary N) is 1. The van der Waals surface area contributed by atoms with E-state index in [-0.39, 0.29) is 0 Å². The molecule has 0 heterocycles. The molecule has 0 amide bonds. The van der Waals surface area contributed by atoms with Crippen molar-refractivity contribution in [2.45, 2.75) is 18.8 Å². The van der Waals surface area contributed by atoms with Crippen molar-refractivity contribution in [3.63, 3.8) is 0 Å². The summed E-state index contributed by atoms with van der Waals surface area (Å²) in [5.74, 6) is 0. The fraction of sp³-hybridized carbons (Fsp3) is 1.00. The van der Waals surface area contributed by atoms with Gasteiger partial charge in [0.2, 0.25) is 0 Å². The summed E-state index contributed by atoms with van der Waals surface area (Å²) in [4.78, 5) is 13.8. The topological polar surface area (TPSA) is 83.6 Å². The number of halogens is 1. The van der Waals surface area contributed by atoms with E-state index < -0.39 is 13.3 Å². The number of rotatable bonds is 0. The monoisotopic (exact) mass is 175 g/mol. The Bertz CT molecular complexity index is 81.5. The van der Waals surface area contributed by atoms with Crippen LogP contribution in [0.3, 0.4) is 0 Å². The van der Waals surface area contributed by atoms with Crippen LogP contribution in [-0.4, -0.2) is 14.8 Å². The van der Waals surface area contributed by atoms with Crippen molar-refractivity contribution in [2.75, 3.05) is 0 Å². The van der Waals surface area contributed by atoms with Crippen LogP contribution in [0.2, 0.25) is 0 Å². The molecule has 0 aromatic rings. The van der Waals surface area contributed by atoms with Gasteiger partial charge in [-0.2, -0.15) is 0 Å². The zero-order valence-electron chi connectivity index (χ0n) is 5.26. The molecule has 0 spiro atoms. The minimum atomic E-state index is -3.13. The van der Waals surface area contributed by atoms with E-state index in [1.165, 1.54) is 0 Å². The number of hydrogen-bond acceptors (Lipinski definition) is 2. The molecule has 9 heavy (non-hydrogen) atoms. The third-order valence-electron chi connectivity index (χ3n) is 0. The van der Waals surface area contributed by atoms with E-state index in [4.69, 9.17) is 31.7 Å². The van der Waals surface area contributed by atoms with Crippen molar-refractivity contribution in [1.82, 2.24) is 0 Å². The molecule has 0 saturated carbocycles. The van der Waals surface area contributed by atoms with E-state index in [9.17, 15) is 0 Å². The molecule has 0 fully saturated rings. The molecule has 4 nitrogen and oxygen atoms in total. The number of hydrogen-bond donors (Lipinski definition) is 3. The lowest BCUT2D eigenvalue weighted by molar-refractivity contribution is 0.405. The SMILES string of the molecule is CC(C)(N)Cl.O=[PH](O)O. The first-order valence-corrected chi connectivity index (χ1v) is 3.81. The Morgan fingerprint density at radius 2 is 1.56 bits per heavy atom. The van der Waals surface area contributed by atoms with E-state index in [0.717, 1.165) is 0 Å². The highest BCUT2D eigenvalue weighted by Gasteiger charge is 1.99. The third kappa shape index (κ3) is 2150. The molecule has 0 bridgehead atoms. The van der Waals surface area contributed by atoms with Crippen LogP contribution >= 0.6 is 19.9 Å². The highest BCUT2D eigenvalue weighted by Crippen LogP contribution is 1.99. The highest BCUT2D eigenvalue weighted by atomic mass is 35.5. The van der Waals surface area contributed by atoms with E-state index in [1.807, 2.05) is 0 Å². The van der Waals surface area contributed by atoms with E-state index in [2.05, 4.69) is 0 Å². The lowest BCUT2D eigenvalue weighted by atomic mass is 10.4. The summed E-state index contributed by atoms with van der Waals surface area (Å²) in [5, 5.41) is 0. The van der Waals surface area contributed by atoms with Crippen molar-refractivity contribution < 1.29 is 14.4 Å². The predicted octanol–water partition coefficient (Wildman–Crippen LogP) is 0.281. The Morgan fingerprint density at radius 3 is 1.56 bits per heavy atom. The van der Waals surface area contributed by atoms with Gasteiger partial charge in [0, 0.05) is 0 Å². The molecule has 6 heteroatoms. The largest absolute Gasteiger partial charge is 0.326 e. The Hall–Kier alpha value is 0.400. The number of alkyl halides is 1. The van der Waals surface area contributed by atoms with Gasteiger partial charge in [-0.1, -0.05) is 0 Å².